The summed E-state index contributed by atoms with van der Waals surface area (Å²) >= 11 is 6.11. The molecule has 140 valence electrons. The summed E-state index contributed by atoms with van der Waals surface area (Å²) in [4.78, 5) is 18.3. The lowest BCUT2D eigenvalue weighted by molar-refractivity contribution is 0.250. The lowest BCUT2D eigenvalue weighted by atomic mass is 10.1. The Balaban J connectivity index is 1.33. The first-order chi connectivity index (χ1) is 13.8. The van der Waals surface area contributed by atoms with Gasteiger partial charge in [0.2, 0.25) is 0 Å². The summed E-state index contributed by atoms with van der Waals surface area (Å²) in [6.07, 6.45) is 3.50. The van der Waals surface area contributed by atoms with E-state index in [1.807, 2.05) is 30.5 Å². The van der Waals surface area contributed by atoms with Crippen molar-refractivity contribution in [1.82, 2.24) is 19.9 Å². The van der Waals surface area contributed by atoms with E-state index in [1.54, 1.807) is 6.33 Å². The number of hydrogen-bond acceptors (Lipinski definition) is 5. The molecule has 5 rings (SSSR count). The maximum atomic E-state index is 6.11. The number of anilines is 1. The minimum Gasteiger partial charge on any atom is -0.353 e. The van der Waals surface area contributed by atoms with E-state index >= 15 is 0 Å². The molecule has 1 aliphatic rings. The molecule has 1 saturated heterocycles. The van der Waals surface area contributed by atoms with Crippen LogP contribution in [0.3, 0.4) is 0 Å². The van der Waals surface area contributed by atoms with Crippen LogP contribution in [-0.2, 0) is 6.54 Å². The van der Waals surface area contributed by atoms with Crippen LogP contribution in [0, 0.1) is 0 Å². The fourth-order valence-corrected chi connectivity index (χ4v) is 4.09. The summed E-state index contributed by atoms with van der Waals surface area (Å²) < 4.78 is 0. The normalized spacial score (nSPS) is 15.4. The minimum atomic E-state index is 0.700. The molecule has 2 aromatic heterocycles. The number of aromatic nitrogens is 3. The molecule has 4 aromatic rings. The van der Waals surface area contributed by atoms with Gasteiger partial charge in [-0.2, -0.15) is 0 Å². The van der Waals surface area contributed by atoms with Gasteiger partial charge in [-0.05, 0) is 29.8 Å². The molecule has 1 aliphatic heterocycles. The van der Waals surface area contributed by atoms with E-state index in [9.17, 15) is 0 Å². The quantitative estimate of drug-likeness (QED) is 0.526. The van der Waals surface area contributed by atoms with Crippen LogP contribution >= 0.6 is 11.6 Å². The van der Waals surface area contributed by atoms with Crippen molar-refractivity contribution in [2.45, 2.75) is 6.54 Å². The molecule has 0 unspecified atom stereocenters. The van der Waals surface area contributed by atoms with Crippen molar-refractivity contribution in [2.75, 3.05) is 31.1 Å². The summed E-state index contributed by atoms with van der Waals surface area (Å²) in [5.41, 5.74) is 3.28. The number of benzene rings is 2. The van der Waals surface area contributed by atoms with Crippen molar-refractivity contribution in [1.29, 1.82) is 0 Å². The summed E-state index contributed by atoms with van der Waals surface area (Å²) in [6, 6.07) is 16.3. The van der Waals surface area contributed by atoms with E-state index in [1.165, 1.54) is 10.9 Å². The van der Waals surface area contributed by atoms with Gasteiger partial charge in [0.15, 0.2) is 0 Å². The third-order valence-electron chi connectivity index (χ3n) is 5.36. The van der Waals surface area contributed by atoms with Crippen molar-refractivity contribution >= 4 is 39.2 Å². The van der Waals surface area contributed by atoms with Gasteiger partial charge in [0.25, 0.3) is 0 Å². The number of piperazine rings is 1. The number of nitrogens with zero attached hydrogens (tertiary/aromatic N) is 5. The molecule has 1 fully saturated rings. The van der Waals surface area contributed by atoms with Gasteiger partial charge in [-0.1, -0.05) is 35.9 Å². The Morgan fingerprint density at radius 1 is 0.893 bits per heavy atom. The summed E-state index contributed by atoms with van der Waals surface area (Å²) in [7, 11) is 0. The maximum absolute atomic E-state index is 6.11. The smallest absolute Gasteiger partial charge is 0.139 e. The average molecular weight is 390 g/mol. The Kier molecular flexibility index (Phi) is 4.55. The lowest BCUT2D eigenvalue weighted by Gasteiger charge is -2.35. The van der Waals surface area contributed by atoms with Crippen LogP contribution in [0.25, 0.3) is 21.8 Å². The number of halogens is 1. The van der Waals surface area contributed by atoms with E-state index in [4.69, 9.17) is 11.6 Å². The molecule has 5 nitrogen and oxygen atoms in total. The second kappa shape index (κ2) is 7.34. The Morgan fingerprint density at radius 2 is 1.75 bits per heavy atom. The SMILES string of the molecule is Clc1ccc2c(N3CCN(Cc4cccc5cccnc45)CC3)ncnc2c1. The van der Waals surface area contributed by atoms with Gasteiger partial charge in [0.05, 0.1) is 11.0 Å². The predicted octanol–water partition coefficient (Wildman–Crippen LogP) is 4.15. The monoisotopic (exact) mass is 389 g/mol. The van der Waals surface area contributed by atoms with Crippen LogP contribution in [0.15, 0.2) is 61.1 Å². The van der Waals surface area contributed by atoms with Crippen LogP contribution < -0.4 is 4.90 Å². The largest absolute Gasteiger partial charge is 0.353 e. The molecular formula is C22H20ClN5. The molecule has 0 spiro atoms. The molecule has 2 aromatic carbocycles. The fraction of sp³-hybridized carbons (Fsp3) is 0.227. The molecule has 6 heteroatoms. The van der Waals surface area contributed by atoms with Gasteiger partial charge < -0.3 is 4.90 Å². The highest BCUT2D eigenvalue weighted by atomic mass is 35.5. The van der Waals surface area contributed by atoms with E-state index in [0.29, 0.717) is 5.02 Å². The summed E-state index contributed by atoms with van der Waals surface area (Å²) in [5, 5.41) is 2.95. The molecular weight excluding hydrogens is 370 g/mol. The number of para-hydroxylation sites is 1. The molecule has 3 heterocycles. The van der Waals surface area contributed by atoms with E-state index in [2.05, 4.69) is 49.0 Å². The topological polar surface area (TPSA) is 45.2 Å². The third kappa shape index (κ3) is 3.28. The molecule has 0 saturated carbocycles. The highest BCUT2D eigenvalue weighted by Crippen LogP contribution is 2.26. The highest BCUT2D eigenvalue weighted by Gasteiger charge is 2.20. The Bertz CT molecular complexity index is 1130. The Hall–Kier alpha value is -2.76. The molecule has 0 atom stereocenters. The van der Waals surface area contributed by atoms with Gasteiger partial charge in [-0.15, -0.1) is 0 Å². The lowest BCUT2D eigenvalue weighted by Crippen LogP contribution is -2.46. The highest BCUT2D eigenvalue weighted by molar-refractivity contribution is 6.31. The third-order valence-corrected chi connectivity index (χ3v) is 5.59. The van der Waals surface area contributed by atoms with Crippen molar-refractivity contribution in [3.05, 3.63) is 71.6 Å². The van der Waals surface area contributed by atoms with Crippen LogP contribution in [-0.4, -0.2) is 46.0 Å². The first-order valence-corrected chi connectivity index (χ1v) is 9.86. The molecule has 0 bridgehead atoms. The van der Waals surface area contributed by atoms with Crippen LogP contribution in [0.2, 0.25) is 5.02 Å². The zero-order valence-electron chi connectivity index (χ0n) is 15.4. The molecule has 0 N–H and O–H groups in total. The second-order valence-corrected chi connectivity index (χ2v) is 7.55. The van der Waals surface area contributed by atoms with Crippen molar-refractivity contribution in [3.8, 4) is 0 Å². The number of fused-ring (bicyclic) bond motifs is 2. The Morgan fingerprint density at radius 3 is 2.64 bits per heavy atom. The predicted molar refractivity (Wildman–Crippen MR) is 114 cm³/mol. The number of pyridine rings is 1. The zero-order valence-corrected chi connectivity index (χ0v) is 16.2. The van der Waals surface area contributed by atoms with Crippen LogP contribution in [0.4, 0.5) is 5.82 Å². The number of hydrogen-bond donors (Lipinski definition) is 0. The summed E-state index contributed by atoms with van der Waals surface area (Å²) in [5.74, 6) is 0.994. The van der Waals surface area contributed by atoms with E-state index in [0.717, 1.165) is 55.0 Å². The van der Waals surface area contributed by atoms with Gasteiger partial charge in [0.1, 0.15) is 12.1 Å². The van der Waals surface area contributed by atoms with E-state index < -0.39 is 0 Å². The van der Waals surface area contributed by atoms with Crippen molar-refractivity contribution in [2.24, 2.45) is 0 Å². The molecule has 28 heavy (non-hydrogen) atoms. The van der Waals surface area contributed by atoms with Crippen molar-refractivity contribution in [3.63, 3.8) is 0 Å². The van der Waals surface area contributed by atoms with Crippen LogP contribution in [0.5, 0.6) is 0 Å². The van der Waals surface area contributed by atoms with Gasteiger partial charge >= 0.3 is 0 Å². The fourth-order valence-electron chi connectivity index (χ4n) is 3.92. The second-order valence-electron chi connectivity index (χ2n) is 7.11. The van der Waals surface area contributed by atoms with Gasteiger partial charge in [-0.3, -0.25) is 9.88 Å². The van der Waals surface area contributed by atoms with Crippen molar-refractivity contribution < 1.29 is 0 Å². The van der Waals surface area contributed by atoms with Gasteiger partial charge in [0, 0.05) is 54.7 Å². The number of rotatable bonds is 3. The zero-order chi connectivity index (χ0) is 18.9. The molecule has 0 amide bonds. The maximum Gasteiger partial charge on any atom is 0.139 e. The summed E-state index contributed by atoms with van der Waals surface area (Å²) in [6.45, 7) is 4.77. The average Bonchev–Trinajstić information content (AvgIpc) is 2.74. The first-order valence-electron chi connectivity index (χ1n) is 9.48. The first kappa shape index (κ1) is 17.3. The minimum absolute atomic E-state index is 0.700. The standard InChI is InChI=1S/C22H20ClN5/c23-18-6-7-19-20(13-18)25-15-26-22(19)28-11-9-27(10-12-28)14-17-4-1-3-16-5-2-8-24-21(16)17/h1-8,13,15H,9-12,14H2. The van der Waals surface area contributed by atoms with Gasteiger partial charge in [-0.25, -0.2) is 9.97 Å². The van der Waals surface area contributed by atoms with E-state index in [-0.39, 0.29) is 0 Å². The Labute approximate surface area is 168 Å². The molecule has 0 radical (unpaired) electrons. The van der Waals surface area contributed by atoms with Crippen LogP contribution in [0.1, 0.15) is 5.56 Å². The molecule has 0 aliphatic carbocycles.